The number of hydrogen-bond acceptors (Lipinski definition) is 3. The van der Waals surface area contributed by atoms with Crippen molar-refractivity contribution in [3.05, 3.63) is 12.2 Å². The molecule has 0 aromatic rings. The molecule has 0 heterocycles. The number of carbonyl (C=O) groups is 1. The van der Waals surface area contributed by atoms with Gasteiger partial charge in [-0.15, -0.1) is 0 Å². The van der Waals surface area contributed by atoms with Crippen LogP contribution in [0.2, 0.25) is 0 Å². The van der Waals surface area contributed by atoms with Crippen molar-refractivity contribution in [3.63, 3.8) is 0 Å². The van der Waals surface area contributed by atoms with Crippen molar-refractivity contribution in [3.8, 4) is 0 Å². The molecule has 0 aromatic carbocycles. The van der Waals surface area contributed by atoms with Gasteiger partial charge in [-0.05, 0) is 38.0 Å². The van der Waals surface area contributed by atoms with Gasteiger partial charge < -0.3 is 9.16 Å². The normalized spacial score (nSPS) is 12.2. The molecule has 0 spiro atoms. The third kappa shape index (κ3) is 6.63. The predicted octanol–water partition coefficient (Wildman–Crippen LogP) is 1.99. The highest BCUT2D eigenvalue weighted by Crippen LogP contribution is 2.32. The second-order valence-corrected chi connectivity index (χ2v) is 4.99. The molecule has 4 heteroatoms. The molecule has 0 N–H and O–H groups in total. The van der Waals surface area contributed by atoms with E-state index in [-0.39, 0.29) is 11.4 Å². The van der Waals surface area contributed by atoms with Gasteiger partial charge in [0.2, 0.25) is 0 Å². The van der Waals surface area contributed by atoms with Crippen molar-refractivity contribution >= 4 is 16.5 Å². The van der Waals surface area contributed by atoms with Gasteiger partial charge in [0.05, 0.1) is 6.61 Å². The second-order valence-electron chi connectivity index (χ2n) is 4.41. The van der Waals surface area contributed by atoms with Crippen molar-refractivity contribution in [2.45, 2.75) is 46.5 Å². The molecule has 17 heavy (non-hydrogen) atoms. The van der Waals surface area contributed by atoms with Gasteiger partial charge >= 0.3 is 5.97 Å². The lowest BCUT2D eigenvalue weighted by molar-refractivity contribution is -0.138. The van der Waals surface area contributed by atoms with Crippen molar-refractivity contribution < 1.29 is 14.0 Å². The maximum atomic E-state index is 11.1. The van der Waals surface area contributed by atoms with Gasteiger partial charge in [0, 0.05) is 12.7 Å². The average Bonchev–Trinajstić information content (AvgIpc) is 2.33. The first-order chi connectivity index (χ1) is 8.14. The number of rotatable bonds is 9. The molecule has 0 amide bonds. The number of esters is 1. The van der Waals surface area contributed by atoms with Crippen LogP contribution < -0.4 is 0 Å². The predicted molar refractivity (Wildman–Crippen MR) is 73.9 cm³/mol. The van der Waals surface area contributed by atoms with Crippen LogP contribution in [0.4, 0.5) is 0 Å². The first kappa shape index (κ1) is 16.4. The van der Waals surface area contributed by atoms with E-state index < -0.39 is 0 Å². The summed E-state index contributed by atoms with van der Waals surface area (Å²) in [7, 11) is 0.792. The first-order valence-corrected chi connectivity index (χ1v) is 7.24. The Kier molecular flexibility index (Phi) is 9.08. The van der Waals surface area contributed by atoms with E-state index in [2.05, 4.69) is 13.8 Å². The van der Waals surface area contributed by atoms with E-state index in [1.54, 1.807) is 6.08 Å². The molecule has 0 atom stereocenters. The highest BCUT2D eigenvalue weighted by molar-refractivity contribution is 5.97. The second kappa shape index (κ2) is 9.42. The molecule has 0 fully saturated rings. The van der Waals surface area contributed by atoms with Crippen LogP contribution in [0.5, 0.6) is 0 Å². The lowest BCUT2D eigenvalue weighted by atomic mass is 9.79. The molecule has 0 saturated carbocycles. The Hall–Kier alpha value is -0.613. The van der Waals surface area contributed by atoms with Crippen molar-refractivity contribution in [2.75, 3.05) is 13.2 Å². The third-order valence-corrected chi connectivity index (χ3v) is 3.64. The van der Waals surface area contributed by atoms with Gasteiger partial charge in [-0.1, -0.05) is 19.9 Å². The van der Waals surface area contributed by atoms with Crippen LogP contribution >= 0.6 is 0 Å². The Bertz CT molecular complexity index is 235. The highest BCUT2D eigenvalue weighted by Gasteiger charge is 2.25. The zero-order chi connectivity index (χ0) is 13.1. The Morgan fingerprint density at radius 2 is 2.00 bits per heavy atom. The SMILES string of the molecule is CC=CC(=O)OCCCC(CC)(CC)CO[SiH3]. The summed E-state index contributed by atoms with van der Waals surface area (Å²) in [5.74, 6) is -0.245. The van der Waals surface area contributed by atoms with E-state index in [1.807, 2.05) is 6.92 Å². The number of ether oxygens (including phenoxy) is 1. The molecule has 0 aliphatic carbocycles. The smallest absolute Gasteiger partial charge is 0.330 e. The minimum Gasteiger partial charge on any atom is -0.463 e. The van der Waals surface area contributed by atoms with Crippen molar-refractivity contribution in [2.24, 2.45) is 5.41 Å². The molecule has 0 aromatic heterocycles. The van der Waals surface area contributed by atoms with E-state index in [0.29, 0.717) is 6.61 Å². The summed E-state index contributed by atoms with van der Waals surface area (Å²) >= 11 is 0. The topological polar surface area (TPSA) is 35.5 Å². The first-order valence-electron chi connectivity index (χ1n) is 6.42. The fraction of sp³-hybridized carbons (Fsp3) is 0.769. The summed E-state index contributed by atoms with van der Waals surface area (Å²) < 4.78 is 10.5. The minimum absolute atomic E-state index is 0.245. The Morgan fingerprint density at radius 1 is 1.35 bits per heavy atom. The van der Waals surface area contributed by atoms with E-state index in [4.69, 9.17) is 9.16 Å². The van der Waals surface area contributed by atoms with Gasteiger partial charge in [0.25, 0.3) is 0 Å². The summed E-state index contributed by atoms with van der Waals surface area (Å²) in [6.45, 7) is 7.57. The molecule has 0 radical (unpaired) electrons. The molecule has 0 aliphatic rings. The molecule has 0 aliphatic heterocycles. The number of allylic oxidation sites excluding steroid dienone is 1. The summed E-state index contributed by atoms with van der Waals surface area (Å²) in [5.41, 5.74) is 0.273. The molecular formula is C13H26O3Si. The van der Waals surface area contributed by atoms with E-state index >= 15 is 0 Å². The lowest BCUT2D eigenvalue weighted by Crippen LogP contribution is -2.25. The quantitative estimate of drug-likeness (QED) is 0.275. The molecule has 100 valence electrons. The standard InChI is InChI=1S/C13H26O3Si/c1-4-8-12(14)15-10-7-9-13(5-2,6-3)11-16-17/h4,8H,5-7,9-11H2,1-3,17H3. The zero-order valence-corrected chi connectivity index (χ0v) is 13.6. The average molecular weight is 258 g/mol. The fourth-order valence-corrected chi connectivity index (χ4v) is 2.60. The van der Waals surface area contributed by atoms with Crippen molar-refractivity contribution in [1.29, 1.82) is 0 Å². The summed E-state index contributed by atoms with van der Waals surface area (Å²) in [4.78, 5) is 11.1. The van der Waals surface area contributed by atoms with Crippen LogP contribution in [0.25, 0.3) is 0 Å². The van der Waals surface area contributed by atoms with Crippen LogP contribution in [-0.2, 0) is 14.0 Å². The maximum Gasteiger partial charge on any atom is 0.330 e. The van der Waals surface area contributed by atoms with Gasteiger partial charge in [-0.25, -0.2) is 4.79 Å². The lowest BCUT2D eigenvalue weighted by Gasteiger charge is -2.31. The third-order valence-electron chi connectivity index (χ3n) is 3.35. The van der Waals surface area contributed by atoms with Gasteiger partial charge in [0.15, 0.2) is 0 Å². The molecule has 0 rings (SSSR count). The number of hydrogen-bond donors (Lipinski definition) is 0. The van der Waals surface area contributed by atoms with Gasteiger partial charge in [-0.3, -0.25) is 0 Å². The fourth-order valence-electron chi connectivity index (χ4n) is 1.99. The minimum atomic E-state index is -0.245. The van der Waals surface area contributed by atoms with Gasteiger partial charge in [-0.2, -0.15) is 0 Å². The molecule has 3 nitrogen and oxygen atoms in total. The molecule has 0 bridgehead atoms. The highest BCUT2D eigenvalue weighted by atomic mass is 28.2. The van der Waals surface area contributed by atoms with Crippen LogP contribution in [-0.4, -0.2) is 29.7 Å². The Morgan fingerprint density at radius 3 is 2.47 bits per heavy atom. The van der Waals surface area contributed by atoms with Crippen molar-refractivity contribution in [1.82, 2.24) is 0 Å². The Balaban J connectivity index is 3.94. The summed E-state index contributed by atoms with van der Waals surface area (Å²) in [5, 5.41) is 0. The monoisotopic (exact) mass is 258 g/mol. The van der Waals surface area contributed by atoms with E-state index in [1.165, 1.54) is 6.08 Å². The van der Waals surface area contributed by atoms with Gasteiger partial charge in [0.1, 0.15) is 10.5 Å². The maximum absolute atomic E-state index is 11.1. The van der Waals surface area contributed by atoms with Crippen LogP contribution in [0, 0.1) is 5.41 Å². The zero-order valence-electron chi connectivity index (χ0n) is 11.6. The molecule has 0 unspecified atom stereocenters. The summed E-state index contributed by atoms with van der Waals surface area (Å²) in [6.07, 6.45) is 7.36. The summed E-state index contributed by atoms with van der Waals surface area (Å²) in [6, 6.07) is 0. The Labute approximate surface area is 108 Å². The van der Waals surface area contributed by atoms with Crippen LogP contribution in [0.3, 0.4) is 0 Å². The number of carbonyl (C=O) groups excluding carboxylic acids is 1. The molecular weight excluding hydrogens is 232 g/mol. The van der Waals surface area contributed by atoms with Crippen LogP contribution in [0.1, 0.15) is 46.5 Å². The molecule has 0 saturated heterocycles. The van der Waals surface area contributed by atoms with E-state index in [9.17, 15) is 4.79 Å². The van der Waals surface area contributed by atoms with E-state index in [0.717, 1.165) is 42.8 Å². The largest absolute Gasteiger partial charge is 0.463 e. The van der Waals surface area contributed by atoms with Crippen LogP contribution in [0.15, 0.2) is 12.2 Å².